The van der Waals surface area contributed by atoms with Crippen molar-refractivity contribution in [1.82, 2.24) is 9.38 Å². The number of pyridine rings is 1. The van der Waals surface area contributed by atoms with Crippen molar-refractivity contribution in [2.24, 2.45) is 5.10 Å². The van der Waals surface area contributed by atoms with Gasteiger partial charge in [0.05, 0.1) is 22.3 Å². The Labute approximate surface area is 154 Å². The van der Waals surface area contributed by atoms with Crippen molar-refractivity contribution >= 4 is 23.1 Å². The number of nitro groups is 1. The number of para-hydroxylation sites is 1. The lowest BCUT2D eigenvalue weighted by molar-refractivity contribution is -0.384. The molecule has 7 heteroatoms. The maximum absolute atomic E-state index is 11.1. The van der Waals surface area contributed by atoms with E-state index in [1.165, 1.54) is 12.1 Å². The zero-order valence-corrected chi connectivity index (χ0v) is 14.2. The highest BCUT2D eigenvalue weighted by Gasteiger charge is 2.14. The second-order valence-corrected chi connectivity index (χ2v) is 5.82. The van der Waals surface area contributed by atoms with E-state index in [9.17, 15) is 10.1 Å². The van der Waals surface area contributed by atoms with Crippen LogP contribution in [0.3, 0.4) is 0 Å². The summed E-state index contributed by atoms with van der Waals surface area (Å²) in [4.78, 5) is 15.3. The number of benzene rings is 2. The summed E-state index contributed by atoms with van der Waals surface area (Å²) in [5, 5.41) is 15.3. The molecule has 0 atom stereocenters. The number of hydrogen-bond acceptors (Lipinski definition) is 5. The molecule has 27 heavy (non-hydrogen) atoms. The molecule has 0 radical (unpaired) electrons. The summed E-state index contributed by atoms with van der Waals surface area (Å²) in [6.07, 6.45) is 3.52. The van der Waals surface area contributed by atoms with E-state index >= 15 is 0 Å². The molecule has 0 saturated carbocycles. The summed E-state index contributed by atoms with van der Waals surface area (Å²) in [6.45, 7) is 0. The fraction of sp³-hybridized carbons (Fsp3) is 0. The third-order valence-corrected chi connectivity index (χ3v) is 4.05. The van der Waals surface area contributed by atoms with Gasteiger partial charge in [-0.1, -0.05) is 36.4 Å². The van der Waals surface area contributed by atoms with Gasteiger partial charge in [0.25, 0.3) is 5.69 Å². The van der Waals surface area contributed by atoms with Crippen LogP contribution < -0.4 is 5.43 Å². The van der Waals surface area contributed by atoms with Crippen molar-refractivity contribution in [2.45, 2.75) is 0 Å². The fourth-order valence-electron chi connectivity index (χ4n) is 2.80. The number of nitro benzene ring substituents is 1. The molecule has 0 bridgehead atoms. The quantitative estimate of drug-likeness (QED) is 0.327. The number of hydrogen-bond donors (Lipinski definition) is 1. The fourth-order valence-corrected chi connectivity index (χ4v) is 2.80. The van der Waals surface area contributed by atoms with Crippen LogP contribution >= 0.6 is 0 Å². The van der Waals surface area contributed by atoms with E-state index in [1.807, 2.05) is 59.1 Å². The molecule has 0 amide bonds. The number of non-ortho nitro benzene ring substituents is 1. The third kappa shape index (κ3) is 3.38. The molecule has 0 aliphatic carbocycles. The second kappa shape index (κ2) is 7.09. The number of nitrogens with zero attached hydrogens (tertiary/aromatic N) is 4. The average Bonchev–Trinajstić information content (AvgIpc) is 3.08. The van der Waals surface area contributed by atoms with Crippen molar-refractivity contribution in [3.05, 3.63) is 94.8 Å². The molecule has 132 valence electrons. The van der Waals surface area contributed by atoms with Crippen molar-refractivity contribution in [3.63, 3.8) is 0 Å². The Morgan fingerprint density at radius 1 is 1.04 bits per heavy atom. The first-order chi connectivity index (χ1) is 13.2. The van der Waals surface area contributed by atoms with Gasteiger partial charge in [-0.25, -0.2) is 4.98 Å². The van der Waals surface area contributed by atoms with E-state index in [-0.39, 0.29) is 5.69 Å². The summed E-state index contributed by atoms with van der Waals surface area (Å²) in [5.74, 6) is 0.621. The second-order valence-electron chi connectivity index (χ2n) is 5.82. The molecule has 0 aliphatic heterocycles. The summed E-state index contributed by atoms with van der Waals surface area (Å²) in [7, 11) is 0. The Morgan fingerprint density at radius 2 is 1.85 bits per heavy atom. The van der Waals surface area contributed by atoms with Crippen LogP contribution in [0, 0.1) is 10.1 Å². The van der Waals surface area contributed by atoms with Gasteiger partial charge in [0.1, 0.15) is 11.5 Å². The van der Waals surface area contributed by atoms with Crippen LogP contribution in [0.25, 0.3) is 16.9 Å². The number of nitrogens with one attached hydrogen (secondary N) is 1. The van der Waals surface area contributed by atoms with E-state index in [0.29, 0.717) is 17.1 Å². The number of imidazole rings is 1. The average molecular weight is 357 g/mol. The number of aromatic nitrogens is 2. The Bertz CT molecular complexity index is 1140. The van der Waals surface area contributed by atoms with Crippen molar-refractivity contribution in [2.75, 3.05) is 5.43 Å². The van der Waals surface area contributed by atoms with Crippen LogP contribution in [0.4, 0.5) is 11.4 Å². The molecular weight excluding hydrogens is 342 g/mol. The monoisotopic (exact) mass is 357 g/mol. The largest absolute Gasteiger partial charge is 0.299 e. The lowest BCUT2D eigenvalue weighted by atomic mass is 10.2. The van der Waals surface area contributed by atoms with E-state index in [2.05, 4.69) is 15.5 Å². The van der Waals surface area contributed by atoms with Crippen LogP contribution in [0.1, 0.15) is 5.69 Å². The standard InChI is InChI=1S/C20H15N5O2/c26-25(27)17-10-6-7-15(13-17)20-22-18(19-11-4-5-12-24(19)20)14-21-23-16-8-2-1-3-9-16/h1-14,23H/b21-14-. The molecule has 1 N–H and O–H groups in total. The Hall–Kier alpha value is -4.00. The number of rotatable bonds is 5. The molecule has 0 aliphatic rings. The molecule has 2 aromatic carbocycles. The van der Waals surface area contributed by atoms with E-state index in [0.717, 1.165) is 11.2 Å². The molecule has 4 aromatic rings. The van der Waals surface area contributed by atoms with Crippen molar-refractivity contribution < 1.29 is 4.92 Å². The van der Waals surface area contributed by atoms with Gasteiger partial charge in [-0.15, -0.1) is 0 Å². The Kier molecular flexibility index (Phi) is 4.32. The highest BCUT2D eigenvalue weighted by molar-refractivity contribution is 5.89. The normalized spacial score (nSPS) is 11.1. The van der Waals surface area contributed by atoms with E-state index in [1.54, 1.807) is 18.3 Å². The van der Waals surface area contributed by atoms with Gasteiger partial charge in [0, 0.05) is 23.9 Å². The molecular formula is C20H15N5O2. The lowest BCUT2D eigenvalue weighted by Crippen LogP contribution is -1.91. The molecule has 4 rings (SSSR count). The zero-order chi connectivity index (χ0) is 18.6. The van der Waals surface area contributed by atoms with Crippen molar-refractivity contribution in [1.29, 1.82) is 0 Å². The molecule has 0 fully saturated rings. The van der Waals surface area contributed by atoms with Crippen LogP contribution in [0.2, 0.25) is 0 Å². The van der Waals surface area contributed by atoms with Gasteiger partial charge in [-0.3, -0.25) is 19.9 Å². The summed E-state index contributed by atoms with van der Waals surface area (Å²) in [6, 6.07) is 21.8. The minimum absolute atomic E-state index is 0.0288. The van der Waals surface area contributed by atoms with Gasteiger partial charge in [-0.05, 0) is 24.3 Å². The predicted octanol–water partition coefficient (Wildman–Crippen LogP) is 4.36. The van der Waals surface area contributed by atoms with Crippen molar-refractivity contribution in [3.8, 4) is 11.4 Å². The molecule has 2 heterocycles. The molecule has 7 nitrogen and oxygen atoms in total. The minimum Gasteiger partial charge on any atom is -0.299 e. The summed E-state index contributed by atoms with van der Waals surface area (Å²) >= 11 is 0. The van der Waals surface area contributed by atoms with E-state index < -0.39 is 4.92 Å². The minimum atomic E-state index is -0.411. The SMILES string of the molecule is O=[N+]([O-])c1cccc(-c2nc(/C=N\Nc3ccccc3)c3ccccn23)c1. The smallest absolute Gasteiger partial charge is 0.270 e. The number of anilines is 1. The highest BCUT2D eigenvalue weighted by Crippen LogP contribution is 2.25. The molecule has 0 saturated heterocycles. The summed E-state index contributed by atoms with van der Waals surface area (Å²) < 4.78 is 1.89. The molecule has 0 spiro atoms. The Morgan fingerprint density at radius 3 is 2.67 bits per heavy atom. The molecule has 2 aromatic heterocycles. The van der Waals surface area contributed by atoms with Crippen LogP contribution in [-0.4, -0.2) is 20.5 Å². The van der Waals surface area contributed by atoms with Gasteiger partial charge in [-0.2, -0.15) is 5.10 Å². The van der Waals surface area contributed by atoms with Gasteiger partial charge >= 0.3 is 0 Å². The number of hydrazone groups is 1. The molecule has 0 unspecified atom stereocenters. The topological polar surface area (TPSA) is 84.8 Å². The first-order valence-corrected chi connectivity index (χ1v) is 8.28. The van der Waals surface area contributed by atoms with Gasteiger partial charge in [0.2, 0.25) is 0 Å². The number of fused-ring (bicyclic) bond motifs is 1. The Balaban J connectivity index is 1.73. The van der Waals surface area contributed by atoms with Gasteiger partial charge in [0.15, 0.2) is 0 Å². The van der Waals surface area contributed by atoms with Gasteiger partial charge < -0.3 is 0 Å². The third-order valence-electron chi connectivity index (χ3n) is 4.05. The first-order valence-electron chi connectivity index (χ1n) is 8.28. The van der Waals surface area contributed by atoms with E-state index in [4.69, 9.17) is 0 Å². The van der Waals surface area contributed by atoms with Crippen LogP contribution in [-0.2, 0) is 0 Å². The maximum atomic E-state index is 11.1. The lowest BCUT2D eigenvalue weighted by Gasteiger charge is -2.01. The first kappa shape index (κ1) is 16.5. The van der Waals surface area contributed by atoms with Crippen LogP contribution in [0.5, 0.6) is 0 Å². The summed E-state index contributed by atoms with van der Waals surface area (Å²) in [5.41, 5.74) is 6.06. The maximum Gasteiger partial charge on any atom is 0.270 e. The predicted molar refractivity (Wildman–Crippen MR) is 105 cm³/mol. The highest BCUT2D eigenvalue weighted by atomic mass is 16.6. The van der Waals surface area contributed by atoms with Crippen LogP contribution in [0.15, 0.2) is 84.1 Å². The zero-order valence-electron chi connectivity index (χ0n) is 14.2.